The summed E-state index contributed by atoms with van der Waals surface area (Å²) in [6, 6.07) is 9.37. The van der Waals surface area contributed by atoms with Crippen LogP contribution < -0.4 is 0 Å². The maximum atomic E-state index is 12.7. The molecule has 3 nitrogen and oxygen atoms in total. The Balaban J connectivity index is 2.14. The van der Waals surface area contributed by atoms with Gasteiger partial charge in [0.2, 0.25) is 0 Å². The first-order valence-electron chi connectivity index (χ1n) is 7.13. The van der Waals surface area contributed by atoms with E-state index < -0.39 is 0 Å². The fourth-order valence-corrected chi connectivity index (χ4v) is 3.17. The van der Waals surface area contributed by atoms with Gasteiger partial charge < -0.3 is 4.90 Å². The topological polar surface area (TPSA) is 44.1 Å². The lowest BCUT2D eigenvalue weighted by molar-refractivity contribution is 0.0651. The number of benzene rings is 1. The number of nitrogens with zero attached hydrogens (tertiary/aromatic N) is 2. The van der Waals surface area contributed by atoms with Crippen molar-refractivity contribution in [1.29, 1.82) is 5.26 Å². The Kier molecular flexibility index (Phi) is 5.60. The molecule has 1 aliphatic carbocycles. The van der Waals surface area contributed by atoms with E-state index in [1.54, 1.807) is 24.3 Å². The average molecular weight is 335 g/mol. The highest BCUT2D eigenvalue weighted by Gasteiger charge is 2.25. The van der Waals surface area contributed by atoms with Crippen LogP contribution >= 0.6 is 15.9 Å². The molecule has 4 heteroatoms. The number of amides is 1. The van der Waals surface area contributed by atoms with E-state index in [9.17, 15) is 4.79 Å². The van der Waals surface area contributed by atoms with E-state index in [4.69, 9.17) is 5.26 Å². The summed E-state index contributed by atoms with van der Waals surface area (Å²) in [5.74, 6) is 0.0841. The minimum absolute atomic E-state index is 0.0841. The SMILES string of the molecule is N#Cc1ccc(C(=O)N(CCBr)C2CCCCC2)cc1. The standard InChI is InChI=1S/C16H19BrN2O/c17-10-11-19(15-4-2-1-3-5-15)16(20)14-8-6-13(12-18)7-9-14/h6-9,15H,1-5,10-11H2. The van der Waals surface area contributed by atoms with Crippen LogP contribution in [0.2, 0.25) is 0 Å². The molecule has 0 aromatic heterocycles. The molecule has 2 rings (SSSR count). The van der Waals surface area contributed by atoms with Gasteiger partial charge in [0.25, 0.3) is 5.91 Å². The number of hydrogen-bond acceptors (Lipinski definition) is 2. The Morgan fingerprint density at radius 2 is 1.90 bits per heavy atom. The van der Waals surface area contributed by atoms with Crippen LogP contribution in [0.15, 0.2) is 24.3 Å². The largest absolute Gasteiger partial charge is 0.335 e. The van der Waals surface area contributed by atoms with Crippen molar-refractivity contribution in [2.75, 3.05) is 11.9 Å². The summed E-state index contributed by atoms with van der Waals surface area (Å²) in [4.78, 5) is 14.7. The van der Waals surface area contributed by atoms with E-state index in [0.29, 0.717) is 17.2 Å². The van der Waals surface area contributed by atoms with Crippen molar-refractivity contribution in [3.63, 3.8) is 0 Å². The highest BCUT2D eigenvalue weighted by Crippen LogP contribution is 2.24. The van der Waals surface area contributed by atoms with Crippen LogP contribution in [0.5, 0.6) is 0 Å². The molecule has 0 radical (unpaired) electrons. The van der Waals surface area contributed by atoms with Gasteiger partial charge in [-0.05, 0) is 37.1 Å². The predicted octanol–water partition coefficient (Wildman–Crippen LogP) is 3.73. The fourth-order valence-electron chi connectivity index (χ4n) is 2.79. The molecule has 0 spiro atoms. The van der Waals surface area contributed by atoms with Crippen LogP contribution in [-0.4, -0.2) is 28.7 Å². The van der Waals surface area contributed by atoms with Gasteiger partial charge in [-0.3, -0.25) is 4.79 Å². The lowest BCUT2D eigenvalue weighted by Gasteiger charge is -2.34. The summed E-state index contributed by atoms with van der Waals surface area (Å²) in [6.07, 6.45) is 5.92. The summed E-state index contributed by atoms with van der Waals surface area (Å²) in [5, 5.41) is 9.61. The zero-order valence-corrected chi connectivity index (χ0v) is 13.1. The van der Waals surface area contributed by atoms with E-state index in [2.05, 4.69) is 22.0 Å². The molecule has 1 aromatic rings. The third-order valence-corrected chi connectivity index (χ3v) is 4.22. The normalized spacial score (nSPS) is 15.6. The van der Waals surface area contributed by atoms with Crippen molar-refractivity contribution in [3.8, 4) is 6.07 Å². The molecular formula is C16H19BrN2O. The second kappa shape index (κ2) is 7.44. The second-order valence-corrected chi connectivity index (χ2v) is 5.96. The highest BCUT2D eigenvalue weighted by molar-refractivity contribution is 9.09. The number of rotatable bonds is 4. The van der Waals surface area contributed by atoms with Crippen LogP contribution in [0.25, 0.3) is 0 Å². The van der Waals surface area contributed by atoms with Gasteiger partial charge in [-0.25, -0.2) is 0 Å². The Labute approximate surface area is 128 Å². The Hall–Kier alpha value is -1.34. The average Bonchev–Trinajstić information content (AvgIpc) is 2.53. The minimum Gasteiger partial charge on any atom is -0.335 e. The Morgan fingerprint density at radius 3 is 2.45 bits per heavy atom. The summed E-state index contributed by atoms with van der Waals surface area (Å²) < 4.78 is 0. The van der Waals surface area contributed by atoms with Crippen molar-refractivity contribution in [3.05, 3.63) is 35.4 Å². The first kappa shape index (κ1) is 15.1. The maximum absolute atomic E-state index is 12.7. The first-order valence-corrected chi connectivity index (χ1v) is 8.25. The number of carbonyl (C=O) groups is 1. The molecule has 0 heterocycles. The molecule has 0 N–H and O–H groups in total. The van der Waals surface area contributed by atoms with Gasteiger partial charge in [0.15, 0.2) is 0 Å². The summed E-state index contributed by atoms with van der Waals surface area (Å²) >= 11 is 3.44. The van der Waals surface area contributed by atoms with Gasteiger partial charge >= 0.3 is 0 Å². The Bertz CT molecular complexity index is 486. The van der Waals surface area contributed by atoms with Crippen molar-refractivity contribution >= 4 is 21.8 Å². The molecule has 20 heavy (non-hydrogen) atoms. The summed E-state index contributed by atoms with van der Waals surface area (Å²) in [5.41, 5.74) is 1.27. The molecule has 0 bridgehead atoms. The quantitative estimate of drug-likeness (QED) is 0.787. The zero-order valence-electron chi connectivity index (χ0n) is 11.5. The molecule has 0 saturated heterocycles. The van der Waals surface area contributed by atoms with Crippen LogP contribution in [0, 0.1) is 11.3 Å². The minimum atomic E-state index is 0.0841. The van der Waals surface area contributed by atoms with Crippen LogP contribution in [0.4, 0.5) is 0 Å². The molecule has 1 fully saturated rings. The van der Waals surface area contributed by atoms with E-state index in [-0.39, 0.29) is 5.91 Å². The van der Waals surface area contributed by atoms with Crippen molar-refractivity contribution in [2.24, 2.45) is 0 Å². The molecule has 1 amide bonds. The highest BCUT2D eigenvalue weighted by atomic mass is 79.9. The number of alkyl halides is 1. The van der Waals surface area contributed by atoms with E-state index in [1.807, 2.05) is 4.90 Å². The van der Waals surface area contributed by atoms with Gasteiger partial charge in [0, 0.05) is 23.5 Å². The first-order chi connectivity index (χ1) is 9.76. The van der Waals surface area contributed by atoms with Gasteiger partial charge in [0.1, 0.15) is 0 Å². The van der Waals surface area contributed by atoms with Gasteiger partial charge in [-0.2, -0.15) is 5.26 Å². The van der Waals surface area contributed by atoms with Gasteiger partial charge in [0.05, 0.1) is 11.6 Å². The summed E-state index contributed by atoms with van der Waals surface area (Å²) in [7, 11) is 0. The van der Waals surface area contributed by atoms with Gasteiger partial charge in [-0.15, -0.1) is 0 Å². The number of halogens is 1. The molecule has 1 aliphatic rings. The molecule has 0 atom stereocenters. The molecule has 1 aromatic carbocycles. The van der Waals surface area contributed by atoms with Crippen LogP contribution in [0.1, 0.15) is 48.0 Å². The molecule has 0 aliphatic heterocycles. The molecule has 106 valence electrons. The maximum Gasteiger partial charge on any atom is 0.254 e. The lowest BCUT2D eigenvalue weighted by Crippen LogP contribution is -2.42. The number of nitriles is 1. The summed E-state index contributed by atoms with van der Waals surface area (Å²) in [6.45, 7) is 0.740. The Morgan fingerprint density at radius 1 is 1.25 bits per heavy atom. The van der Waals surface area contributed by atoms with Crippen molar-refractivity contribution in [1.82, 2.24) is 4.90 Å². The predicted molar refractivity (Wildman–Crippen MR) is 82.9 cm³/mol. The molecule has 0 unspecified atom stereocenters. The molecular weight excluding hydrogens is 316 g/mol. The van der Waals surface area contributed by atoms with E-state index in [1.165, 1.54) is 19.3 Å². The third kappa shape index (κ3) is 3.61. The van der Waals surface area contributed by atoms with Crippen molar-refractivity contribution in [2.45, 2.75) is 38.1 Å². The van der Waals surface area contributed by atoms with Crippen LogP contribution in [-0.2, 0) is 0 Å². The second-order valence-electron chi connectivity index (χ2n) is 5.17. The number of hydrogen-bond donors (Lipinski definition) is 0. The lowest BCUT2D eigenvalue weighted by atomic mass is 9.93. The zero-order chi connectivity index (χ0) is 14.4. The van der Waals surface area contributed by atoms with E-state index >= 15 is 0 Å². The number of carbonyl (C=O) groups excluding carboxylic acids is 1. The van der Waals surface area contributed by atoms with E-state index in [0.717, 1.165) is 24.7 Å². The third-order valence-electron chi connectivity index (χ3n) is 3.86. The smallest absolute Gasteiger partial charge is 0.254 e. The van der Waals surface area contributed by atoms with Crippen molar-refractivity contribution < 1.29 is 4.79 Å². The monoisotopic (exact) mass is 334 g/mol. The van der Waals surface area contributed by atoms with Crippen LogP contribution in [0.3, 0.4) is 0 Å². The fraction of sp³-hybridized carbons (Fsp3) is 0.500. The van der Waals surface area contributed by atoms with Gasteiger partial charge in [-0.1, -0.05) is 35.2 Å². The molecule has 1 saturated carbocycles.